The summed E-state index contributed by atoms with van der Waals surface area (Å²) in [5.74, 6) is -0.873. The number of pyridine rings is 1. The summed E-state index contributed by atoms with van der Waals surface area (Å²) in [5.41, 5.74) is -1.64. The number of hydrogen-bond donors (Lipinski definition) is 2. The Morgan fingerprint density at radius 1 is 1.11 bits per heavy atom. The number of carbonyl (C=O) groups excluding carboxylic acids is 3. The first-order chi connectivity index (χ1) is 16.5. The molecule has 0 unspecified atom stereocenters. The highest BCUT2D eigenvalue weighted by molar-refractivity contribution is 5.95. The van der Waals surface area contributed by atoms with Gasteiger partial charge in [-0.15, -0.1) is 0 Å². The van der Waals surface area contributed by atoms with E-state index in [0.29, 0.717) is 45.4 Å². The second-order valence-corrected chi connectivity index (χ2v) is 9.31. The van der Waals surface area contributed by atoms with Gasteiger partial charge in [-0.05, 0) is 58.1 Å². The van der Waals surface area contributed by atoms with Crippen LogP contribution in [0.4, 0.5) is 13.2 Å². The van der Waals surface area contributed by atoms with E-state index >= 15 is 0 Å². The van der Waals surface area contributed by atoms with Gasteiger partial charge in [0.1, 0.15) is 11.7 Å². The van der Waals surface area contributed by atoms with Gasteiger partial charge in [0.2, 0.25) is 11.8 Å². The predicted octanol–water partition coefficient (Wildman–Crippen LogP) is 2.84. The number of likely N-dealkylation sites (tertiary alicyclic amines) is 1. The van der Waals surface area contributed by atoms with Crippen LogP contribution >= 0.6 is 0 Å². The molecule has 2 saturated heterocycles. The minimum absolute atomic E-state index is 0.0145. The van der Waals surface area contributed by atoms with Gasteiger partial charge in [-0.25, -0.2) is 4.98 Å². The van der Waals surface area contributed by atoms with Crippen molar-refractivity contribution in [2.45, 2.75) is 64.6 Å². The fraction of sp³-hybridized carbons (Fsp3) is 0.667. The van der Waals surface area contributed by atoms with Gasteiger partial charge < -0.3 is 20.3 Å². The minimum atomic E-state index is -4.58. The molecular weight excluding hydrogens is 465 g/mol. The maximum Gasteiger partial charge on any atom is 0.433 e. The Morgan fingerprint density at radius 3 is 2.46 bits per heavy atom. The van der Waals surface area contributed by atoms with Crippen LogP contribution in [0.15, 0.2) is 12.1 Å². The average molecular weight is 499 g/mol. The summed E-state index contributed by atoms with van der Waals surface area (Å²) in [6.45, 7) is 5.19. The van der Waals surface area contributed by atoms with Crippen molar-refractivity contribution in [1.82, 2.24) is 20.5 Å². The van der Waals surface area contributed by atoms with Crippen molar-refractivity contribution in [2.24, 2.45) is 5.41 Å². The zero-order chi connectivity index (χ0) is 25.6. The van der Waals surface area contributed by atoms with Gasteiger partial charge in [-0.1, -0.05) is 6.42 Å². The molecule has 0 bridgehead atoms. The van der Waals surface area contributed by atoms with Crippen molar-refractivity contribution in [1.29, 1.82) is 0 Å². The number of aromatic nitrogens is 1. The molecule has 2 aliphatic rings. The second-order valence-electron chi connectivity index (χ2n) is 9.31. The first-order valence-corrected chi connectivity index (χ1v) is 12.0. The number of nitrogens with one attached hydrogen (secondary N) is 2. The van der Waals surface area contributed by atoms with Gasteiger partial charge in [0.15, 0.2) is 0 Å². The number of halogens is 3. The summed E-state index contributed by atoms with van der Waals surface area (Å²) in [6, 6.07) is 1.28. The van der Waals surface area contributed by atoms with Crippen molar-refractivity contribution in [3.05, 3.63) is 29.1 Å². The van der Waals surface area contributed by atoms with E-state index in [0.717, 1.165) is 25.0 Å². The summed E-state index contributed by atoms with van der Waals surface area (Å²) >= 11 is 0. The van der Waals surface area contributed by atoms with Crippen LogP contribution < -0.4 is 10.6 Å². The van der Waals surface area contributed by atoms with Crippen LogP contribution in [0.5, 0.6) is 0 Å². The molecule has 3 rings (SSSR count). The van der Waals surface area contributed by atoms with Crippen molar-refractivity contribution in [2.75, 3.05) is 32.8 Å². The number of nitrogens with zero attached hydrogens (tertiary/aromatic N) is 2. The fourth-order valence-electron chi connectivity index (χ4n) is 4.57. The van der Waals surface area contributed by atoms with Crippen molar-refractivity contribution < 1.29 is 32.3 Å². The summed E-state index contributed by atoms with van der Waals surface area (Å²) < 4.78 is 44.4. The van der Waals surface area contributed by atoms with Crippen LogP contribution in [0.2, 0.25) is 0 Å². The molecule has 2 N–H and O–H groups in total. The molecule has 194 valence electrons. The third-order valence-corrected chi connectivity index (χ3v) is 6.80. The quantitative estimate of drug-likeness (QED) is 0.620. The van der Waals surface area contributed by atoms with Crippen molar-refractivity contribution in [3.63, 3.8) is 0 Å². The molecular formula is C24H33F3N4O4. The fourth-order valence-corrected chi connectivity index (χ4v) is 4.57. The van der Waals surface area contributed by atoms with Crippen molar-refractivity contribution >= 4 is 17.7 Å². The van der Waals surface area contributed by atoms with E-state index in [-0.39, 0.29) is 36.2 Å². The summed E-state index contributed by atoms with van der Waals surface area (Å²) in [4.78, 5) is 43.8. The number of ether oxygens (including phenoxy) is 1. The Morgan fingerprint density at radius 2 is 1.80 bits per heavy atom. The number of alkyl halides is 3. The molecule has 1 atom stereocenters. The molecule has 1 aromatic rings. The minimum Gasteiger partial charge on any atom is -0.381 e. The first-order valence-electron chi connectivity index (χ1n) is 12.0. The molecule has 11 heteroatoms. The number of hydrogen-bond acceptors (Lipinski definition) is 5. The van der Waals surface area contributed by atoms with Gasteiger partial charge in [-0.3, -0.25) is 14.4 Å². The molecule has 1 aromatic heterocycles. The van der Waals surface area contributed by atoms with Crippen molar-refractivity contribution in [3.8, 4) is 0 Å². The van der Waals surface area contributed by atoms with E-state index in [9.17, 15) is 27.6 Å². The summed E-state index contributed by atoms with van der Waals surface area (Å²) in [7, 11) is 0. The van der Waals surface area contributed by atoms with Gasteiger partial charge in [0.25, 0.3) is 5.91 Å². The molecule has 35 heavy (non-hydrogen) atoms. The van der Waals surface area contributed by atoms with E-state index in [1.807, 2.05) is 0 Å². The molecule has 0 aromatic carbocycles. The normalized spacial score (nSPS) is 22.8. The topological polar surface area (TPSA) is 101 Å². The Hall–Kier alpha value is -2.69. The van der Waals surface area contributed by atoms with E-state index < -0.39 is 29.2 Å². The Balaban J connectivity index is 1.71. The van der Waals surface area contributed by atoms with Crippen LogP contribution in [-0.4, -0.2) is 66.5 Å². The number of amides is 3. The molecule has 0 saturated carbocycles. The number of carbonyl (C=O) groups is 3. The van der Waals surface area contributed by atoms with Crippen LogP contribution in [0, 0.1) is 12.3 Å². The predicted molar refractivity (Wildman–Crippen MR) is 121 cm³/mol. The smallest absolute Gasteiger partial charge is 0.381 e. The lowest BCUT2D eigenvalue weighted by molar-refractivity contribution is -0.141. The Bertz CT molecular complexity index is 930. The third kappa shape index (κ3) is 6.71. The standard InChI is InChI=1S/C24H33F3N4O4/c1-16-18(6-7-19(29-16)24(25,26)27)21(33)31-12-9-23(10-13-31)8-3-4-14-35-15-5-11-28-20(32)17(2)30-22(23)34/h6-7,17H,3-5,8-15H2,1-2H3,(H,28,32)(H,30,34)/t17-/m0/s1. The zero-order valence-corrected chi connectivity index (χ0v) is 20.2. The molecule has 1 spiro atoms. The molecule has 2 aliphatic heterocycles. The number of rotatable bonds is 1. The van der Waals surface area contributed by atoms with E-state index in [4.69, 9.17) is 4.74 Å². The maximum absolute atomic E-state index is 13.3. The first kappa shape index (κ1) is 26.9. The average Bonchev–Trinajstić information content (AvgIpc) is 2.81. The number of piperidine rings is 1. The summed E-state index contributed by atoms with van der Waals surface area (Å²) in [6.07, 6.45) is -0.921. The van der Waals surface area contributed by atoms with Crippen LogP contribution in [0.1, 0.15) is 67.2 Å². The lowest BCUT2D eigenvalue weighted by atomic mass is 9.73. The third-order valence-electron chi connectivity index (χ3n) is 6.80. The van der Waals surface area contributed by atoms with Crippen LogP contribution in [0.25, 0.3) is 0 Å². The van der Waals surface area contributed by atoms with E-state index in [2.05, 4.69) is 15.6 Å². The van der Waals surface area contributed by atoms with Crippen LogP contribution in [0.3, 0.4) is 0 Å². The maximum atomic E-state index is 13.3. The summed E-state index contributed by atoms with van der Waals surface area (Å²) in [5, 5.41) is 5.64. The zero-order valence-electron chi connectivity index (χ0n) is 20.2. The van der Waals surface area contributed by atoms with E-state index in [1.165, 1.54) is 6.92 Å². The molecule has 3 amide bonds. The lowest BCUT2D eigenvalue weighted by Crippen LogP contribution is -2.54. The van der Waals surface area contributed by atoms with Crippen LogP contribution in [-0.2, 0) is 20.5 Å². The highest BCUT2D eigenvalue weighted by Gasteiger charge is 2.43. The molecule has 8 nitrogen and oxygen atoms in total. The Kier molecular flexibility index (Phi) is 8.74. The second kappa shape index (κ2) is 11.4. The number of aryl methyl sites for hydroxylation is 1. The van der Waals surface area contributed by atoms with Gasteiger partial charge in [-0.2, -0.15) is 13.2 Å². The van der Waals surface area contributed by atoms with Gasteiger partial charge in [0.05, 0.1) is 16.7 Å². The van der Waals surface area contributed by atoms with Gasteiger partial charge >= 0.3 is 6.18 Å². The highest BCUT2D eigenvalue weighted by Crippen LogP contribution is 2.38. The monoisotopic (exact) mass is 498 g/mol. The van der Waals surface area contributed by atoms with E-state index in [1.54, 1.807) is 11.8 Å². The largest absolute Gasteiger partial charge is 0.433 e. The highest BCUT2D eigenvalue weighted by atomic mass is 19.4. The molecule has 0 radical (unpaired) electrons. The lowest BCUT2D eigenvalue weighted by Gasteiger charge is -2.41. The molecule has 0 aliphatic carbocycles. The van der Waals surface area contributed by atoms with Gasteiger partial charge in [0, 0.05) is 32.8 Å². The SMILES string of the molecule is Cc1nc(C(F)(F)F)ccc1C(=O)N1CCC2(CCCCOCCCNC(=O)[C@H](C)NC2=O)CC1. The molecule has 2 fully saturated rings. The Labute approximate surface area is 203 Å². The molecule has 3 heterocycles.